The molecule has 0 radical (unpaired) electrons. The minimum absolute atomic E-state index is 0.0612. The lowest BCUT2D eigenvalue weighted by Gasteiger charge is -2.39. The van der Waals surface area contributed by atoms with Crippen molar-refractivity contribution in [2.24, 2.45) is 5.92 Å². The van der Waals surface area contributed by atoms with Gasteiger partial charge in [-0.15, -0.1) is 0 Å². The smallest absolute Gasteiger partial charge is 0.410 e. The Morgan fingerprint density at radius 2 is 1.81 bits per heavy atom. The third-order valence-electron chi connectivity index (χ3n) is 5.47. The highest BCUT2D eigenvalue weighted by Crippen LogP contribution is 2.40. The first-order valence-electron chi connectivity index (χ1n) is 9.43. The van der Waals surface area contributed by atoms with E-state index in [-0.39, 0.29) is 42.1 Å². The van der Waals surface area contributed by atoms with Gasteiger partial charge in [0, 0.05) is 24.4 Å². The van der Waals surface area contributed by atoms with E-state index in [9.17, 15) is 14.0 Å². The van der Waals surface area contributed by atoms with Crippen LogP contribution in [0.1, 0.15) is 57.6 Å². The topological polar surface area (TPSA) is 46.6 Å². The number of ether oxygens (including phenoxy) is 1. The summed E-state index contributed by atoms with van der Waals surface area (Å²) in [5, 5.41) is 0. The van der Waals surface area contributed by atoms with E-state index in [1.807, 2.05) is 32.6 Å². The van der Waals surface area contributed by atoms with Crippen LogP contribution in [0.5, 0.6) is 0 Å². The van der Waals surface area contributed by atoms with Gasteiger partial charge in [0.25, 0.3) is 0 Å². The molecule has 2 bridgehead atoms. The van der Waals surface area contributed by atoms with E-state index in [1.54, 1.807) is 6.07 Å². The first-order valence-corrected chi connectivity index (χ1v) is 9.43. The number of aryl methyl sites for hydroxylation is 1. The molecule has 1 amide bonds. The second kappa shape index (κ2) is 7.01. The quantitative estimate of drug-likeness (QED) is 0.800. The van der Waals surface area contributed by atoms with Gasteiger partial charge < -0.3 is 9.64 Å². The second-order valence-corrected chi connectivity index (χ2v) is 8.65. The summed E-state index contributed by atoms with van der Waals surface area (Å²) in [5.41, 5.74) is 1.18. The monoisotopic (exact) mass is 361 g/mol. The molecule has 26 heavy (non-hydrogen) atoms. The molecule has 2 aliphatic rings. The van der Waals surface area contributed by atoms with Crippen LogP contribution in [0, 0.1) is 18.7 Å². The van der Waals surface area contributed by atoms with E-state index in [0.29, 0.717) is 12.8 Å². The summed E-state index contributed by atoms with van der Waals surface area (Å²) in [4.78, 5) is 27.1. The number of rotatable bonds is 3. The number of ketones is 1. The molecular weight excluding hydrogens is 333 g/mol. The molecule has 1 aromatic rings. The lowest BCUT2D eigenvalue weighted by molar-refractivity contribution is -0.124. The molecule has 5 heteroatoms. The Balaban J connectivity index is 1.66. The number of hydrogen-bond acceptors (Lipinski definition) is 3. The predicted octanol–water partition coefficient (Wildman–Crippen LogP) is 4.42. The Bertz CT molecular complexity index is 696. The van der Waals surface area contributed by atoms with E-state index < -0.39 is 5.60 Å². The number of benzene rings is 1. The van der Waals surface area contributed by atoms with Gasteiger partial charge in [-0.25, -0.2) is 9.18 Å². The van der Waals surface area contributed by atoms with Crippen molar-refractivity contribution in [2.75, 3.05) is 0 Å². The minimum Gasteiger partial charge on any atom is -0.444 e. The van der Waals surface area contributed by atoms with Crippen molar-refractivity contribution < 1.29 is 18.7 Å². The molecule has 142 valence electrons. The van der Waals surface area contributed by atoms with Crippen molar-refractivity contribution in [3.63, 3.8) is 0 Å². The number of Topliss-reactive ketones (excluding diaryl/α,β-unsaturated/α-hetero) is 1. The predicted molar refractivity (Wildman–Crippen MR) is 97.5 cm³/mol. The van der Waals surface area contributed by atoms with Gasteiger partial charge >= 0.3 is 6.09 Å². The van der Waals surface area contributed by atoms with Gasteiger partial charge in [0.05, 0.1) is 0 Å². The van der Waals surface area contributed by atoms with Gasteiger partial charge in [-0.1, -0.05) is 6.07 Å². The number of piperidine rings is 1. The van der Waals surface area contributed by atoms with Crippen molar-refractivity contribution in [1.29, 1.82) is 0 Å². The maximum absolute atomic E-state index is 13.5. The normalized spacial score (nSPS) is 25.3. The van der Waals surface area contributed by atoms with E-state index in [2.05, 4.69) is 0 Å². The molecule has 2 unspecified atom stereocenters. The molecule has 2 saturated heterocycles. The molecule has 2 heterocycles. The SMILES string of the molecule is Cc1ccc(F)cc1CC(=O)C1CC2CCC(C1)N2C(=O)OC(C)(C)C. The Morgan fingerprint density at radius 1 is 1.19 bits per heavy atom. The summed E-state index contributed by atoms with van der Waals surface area (Å²) in [5.74, 6) is -0.216. The number of fused-ring (bicyclic) bond motifs is 2. The van der Waals surface area contributed by atoms with Gasteiger partial charge in [-0.2, -0.15) is 0 Å². The Morgan fingerprint density at radius 3 is 2.38 bits per heavy atom. The van der Waals surface area contributed by atoms with Crippen molar-refractivity contribution in [1.82, 2.24) is 4.90 Å². The Kier molecular flexibility index (Phi) is 5.09. The van der Waals surface area contributed by atoms with Crippen molar-refractivity contribution in [3.05, 3.63) is 35.1 Å². The van der Waals surface area contributed by atoms with E-state index in [1.165, 1.54) is 12.1 Å². The minimum atomic E-state index is -0.516. The molecule has 0 saturated carbocycles. The molecular formula is C21H28FNO3. The number of hydrogen-bond donors (Lipinski definition) is 0. The van der Waals surface area contributed by atoms with Crippen LogP contribution in [-0.4, -0.2) is 34.5 Å². The third kappa shape index (κ3) is 4.08. The highest BCUT2D eigenvalue weighted by Gasteiger charge is 2.46. The number of halogens is 1. The lowest BCUT2D eigenvalue weighted by Crippen LogP contribution is -2.49. The molecule has 3 rings (SSSR count). The molecule has 0 spiro atoms. The molecule has 0 aliphatic carbocycles. The first kappa shape index (κ1) is 18.9. The largest absolute Gasteiger partial charge is 0.444 e. The summed E-state index contributed by atoms with van der Waals surface area (Å²) < 4.78 is 19.0. The van der Waals surface area contributed by atoms with Crippen LogP contribution in [-0.2, 0) is 16.0 Å². The van der Waals surface area contributed by atoms with Crippen LogP contribution in [0.2, 0.25) is 0 Å². The summed E-state index contributed by atoms with van der Waals surface area (Å²) in [6, 6.07) is 4.74. The number of carbonyl (C=O) groups is 2. The average Bonchev–Trinajstić information content (AvgIpc) is 2.79. The third-order valence-corrected chi connectivity index (χ3v) is 5.47. The fourth-order valence-electron chi connectivity index (χ4n) is 4.22. The van der Waals surface area contributed by atoms with Crippen molar-refractivity contribution in [2.45, 2.75) is 77.5 Å². The Hall–Kier alpha value is -1.91. The fourth-order valence-corrected chi connectivity index (χ4v) is 4.22. The van der Waals surface area contributed by atoms with Crippen LogP contribution < -0.4 is 0 Å². The molecule has 4 nitrogen and oxygen atoms in total. The molecule has 0 aromatic heterocycles. The molecule has 2 atom stereocenters. The van der Waals surface area contributed by atoms with Gasteiger partial charge in [0.1, 0.15) is 17.2 Å². The summed E-state index contributed by atoms with van der Waals surface area (Å²) >= 11 is 0. The lowest BCUT2D eigenvalue weighted by atomic mass is 9.84. The van der Waals surface area contributed by atoms with E-state index >= 15 is 0 Å². The molecule has 0 N–H and O–H groups in total. The second-order valence-electron chi connectivity index (χ2n) is 8.65. The molecule has 2 aliphatic heterocycles. The van der Waals surface area contributed by atoms with Crippen LogP contribution in [0.3, 0.4) is 0 Å². The number of carbonyl (C=O) groups excluding carboxylic acids is 2. The Labute approximate surface area is 154 Å². The fraction of sp³-hybridized carbons (Fsp3) is 0.619. The zero-order valence-corrected chi connectivity index (χ0v) is 16.0. The zero-order chi connectivity index (χ0) is 19.1. The van der Waals surface area contributed by atoms with Crippen molar-refractivity contribution >= 4 is 11.9 Å². The maximum atomic E-state index is 13.5. The van der Waals surface area contributed by atoms with Crippen LogP contribution in [0.4, 0.5) is 9.18 Å². The number of amides is 1. The van der Waals surface area contributed by atoms with E-state index in [0.717, 1.165) is 24.0 Å². The highest BCUT2D eigenvalue weighted by atomic mass is 19.1. The van der Waals surface area contributed by atoms with Gasteiger partial charge in [0.15, 0.2) is 0 Å². The van der Waals surface area contributed by atoms with Gasteiger partial charge in [0.2, 0.25) is 0 Å². The summed E-state index contributed by atoms with van der Waals surface area (Å²) in [6.07, 6.45) is 3.21. The standard InChI is InChI=1S/C21H28FNO3/c1-13-5-6-16(22)9-14(13)12-19(24)15-10-17-7-8-18(11-15)23(17)20(25)26-21(2,3)4/h5-6,9,15,17-18H,7-8,10-12H2,1-4H3. The summed E-state index contributed by atoms with van der Waals surface area (Å²) in [7, 11) is 0. The molecule has 1 aromatic carbocycles. The van der Waals surface area contributed by atoms with Gasteiger partial charge in [-0.05, 0) is 76.6 Å². The maximum Gasteiger partial charge on any atom is 0.410 e. The van der Waals surface area contributed by atoms with Gasteiger partial charge in [-0.3, -0.25) is 4.79 Å². The van der Waals surface area contributed by atoms with Crippen molar-refractivity contribution in [3.8, 4) is 0 Å². The average molecular weight is 361 g/mol. The zero-order valence-electron chi connectivity index (χ0n) is 16.0. The van der Waals surface area contributed by atoms with Crippen LogP contribution in [0.25, 0.3) is 0 Å². The number of nitrogens with zero attached hydrogens (tertiary/aromatic N) is 1. The first-order chi connectivity index (χ1) is 12.1. The van der Waals surface area contributed by atoms with Crippen LogP contribution in [0.15, 0.2) is 18.2 Å². The summed E-state index contributed by atoms with van der Waals surface area (Å²) in [6.45, 7) is 7.50. The van der Waals surface area contributed by atoms with E-state index in [4.69, 9.17) is 4.74 Å². The molecule has 2 fully saturated rings. The highest BCUT2D eigenvalue weighted by molar-refractivity contribution is 5.84. The van der Waals surface area contributed by atoms with Crippen LogP contribution >= 0.6 is 0 Å².